The van der Waals surface area contributed by atoms with Crippen LogP contribution in [-0.4, -0.2) is 57.9 Å². The topological polar surface area (TPSA) is 119 Å². The van der Waals surface area contributed by atoms with Crippen LogP contribution in [0.5, 0.6) is 0 Å². The van der Waals surface area contributed by atoms with Crippen molar-refractivity contribution >= 4 is 35.2 Å². The highest BCUT2D eigenvalue weighted by Gasteiger charge is 2.43. The second-order valence-electron chi connectivity index (χ2n) is 11.0. The fraction of sp³-hybridized carbons (Fsp3) is 0.333. The maximum atomic E-state index is 13.8. The number of nitrogens with one attached hydrogen (secondary N) is 2. The lowest BCUT2D eigenvalue weighted by Crippen LogP contribution is -2.51. The first-order chi connectivity index (χ1) is 20.3. The number of piperidine rings is 1. The zero-order chi connectivity index (χ0) is 29.6. The molecule has 2 fully saturated rings. The van der Waals surface area contributed by atoms with Gasteiger partial charge in [-0.2, -0.15) is 0 Å². The van der Waals surface area contributed by atoms with Gasteiger partial charge in [-0.1, -0.05) is 60.7 Å². The van der Waals surface area contributed by atoms with Gasteiger partial charge in [0.05, 0.1) is 18.4 Å². The number of carbonyl (C=O) groups excluding carboxylic acids is 3. The van der Waals surface area contributed by atoms with Crippen molar-refractivity contribution in [2.24, 2.45) is 5.92 Å². The SMILES string of the molecule is Cc1ccccc1NC(=O)Nc1ccc(CC(=O)N2C(c3ccccc3)CC[C@H]2C(=O)N2CCC(C(=O)O)CC2)cc1. The van der Waals surface area contributed by atoms with E-state index in [4.69, 9.17) is 0 Å². The molecule has 2 atom stereocenters. The van der Waals surface area contributed by atoms with E-state index < -0.39 is 17.9 Å². The molecule has 2 heterocycles. The summed E-state index contributed by atoms with van der Waals surface area (Å²) in [6, 6.07) is 23.3. The van der Waals surface area contributed by atoms with E-state index in [-0.39, 0.29) is 30.3 Å². The predicted molar refractivity (Wildman–Crippen MR) is 160 cm³/mol. The number of carboxylic acids is 1. The number of carbonyl (C=O) groups is 4. The van der Waals surface area contributed by atoms with E-state index in [0.717, 1.165) is 22.4 Å². The first kappa shape index (κ1) is 28.9. The van der Waals surface area contributed by atoms with E-state index in [1.807, 2.05) is 73.7 Å². The maximum absolute atomic E-state index is 13.8. The van der Waals surface area contributed by atoms with Crippen LogP contribution in [0.4, 0.5) is 16.2 Å². The minimum atomic E-state index is -0.822. The van der Waals surface area contributed by atoms with Crippen molar-refractivity contribution in [3.8, 4) is 0 Å². The Labute approximate surface area is 245 Å². The molecule has 0 radical (unpaired) electrons. The molecule has 218 valence electrons. The molecule has 3 N–H and O–H groups in total. The van der Waals surface area contributed by atoms with Crippen molar-refractivity contribution < 1.29 is 24.3 Å². The van der Waals surface area contributed by atoms with Crippen molar-refractivity contribution in [1.82, 2.24) is 9.80 Å². The number of amides is 4. The smallest absolute Gasteiger partial charge is 0.323 e. The van der Waals surface area contributed by atoms with Crippen molar-refractivity contribution in [2.45, 2.75) is 51.1 Å². The lowest BCUT2D eigenvalue weighted by molar-refractivity contribution is -0.149. The standard InChI is InChI=1S/C33H36N4O5/c1-22-7-5-6-10-27(22)35-33(42)34-26-13-11-23(12-14-26)21-30(38)37-28(24-8-3-2-4-9-24)15-16-29(37)31(39)36-19-17-25(18-20-36)32(40)41/h2-14,25,28-29H,15-21H2,1H3,(H,40,41)(H2,34,35,42)/t28?,29-/m0/s1. The molecule has 42 heavy (non-hydrogen) atoms. The summed E-state index contributed by atoms with van der Waals surface area (Å²) in [5, 5.41) is 15.0. The molecule has 9 heteroatoms. The summed E-state index contributed by atoms with van der Waals surface area (Å²) in [7, 11) is 0. The molecule has 0 aromatic heterocycles. The molecule has 1 unspecified atom stereocenters. The second-order valence-corrected chi connectivity index (χ2v) is 11.0. The molecular weight excluding hydrogens is 532 g/mol. The van der Waals surface area contributed by atoms with E-state index in [9.17, 15) is 24.3 Å². The Morgan fingerprint density at radius 1 is 0.810 bits per heavy atom. The van der Waals surface area contributed by atoms with Crippen LogP contribution >= 0.6 is 0 Å². The highest BCUT2D eigenvalue weighted by molar-refractivity contribution is 6.00. The number of urea groups is 1. The molecule has 3 aromatic carbocycles. The van der Waals surface area contributed by atoms with Gasteiger partial charge in [0.2, 0.25) is 11.8 Å². The average molecular weight is 569 g/mol. The molecular formula is C33H36N4O5. The summed E-state index contributed by atoms with van der Waals surface area (Å²) in [6.07, 6.45) is 2.20. The van der Waals surface area contributed by atoms with Gasteiger partial charge in [-0.15, -0.1) is 0 Å². The second kappa shape index (κ2) is 12.9. The number of aliphatic carboxylic acids is 1. The Balaban J connectivity index is 1.27. The average Bonchev–Trinajstić information content (AvgIpc) is 3.45. The fourth-order valence-corrected chi connectivity index (χ4v) is 5.93. The van der Waals surface area contributed by atoms with E-state index >= 15 is 0 Å². The summed E-state index contributed by atoms with van der Waals surface area (Å²) in [5.74, 6) is -1.50. The Morgan fingerprint density at radius 2 is 1.48 bits per heavy atom. The number of nitrogens with zero attached hydrogens (tertiary/aromatic N) is 2. The number of hydrogen-bond donors (Lipinski definition) is 3. The Morgan fingerprint density at radius 3 is 2.14 bits per heavy atom. The zero-order valence-electron chi connectivity index (χ0n) is 23.7. The lowest BCUT2D eigenvalue weighted by Gasteiger charge is -2.36. The summed E-state index contributed by atoms with van der Waals surface area (Å²) in [4.78, 5) is 54.8. The van der Waals surface area contributed by atoms with Gasteiger partial charge in [0.15, 0.2) is 0 Å². The van der Waals surface area contributed by atoms with E-state index in [1.165, 1.54) is 0 Å². The van der Waals surface area contributed by atoms with E-state index in [1.54, 1.807) is 21.9 Å². The number of rotatable bonds is 7. The molecule has 0 saturated carbocycles. The van der Waals surface area contributed by atoms with Crippen LogP contribution in [-0.2, 0) is 20.8 Å². The molecule has 3 aromatic rings. The van der Waals surface area contributed by atoms with Crippen LogP contribution in [0.25, 0.3) is 0 Å². The van der Waals surface area contributed by atoms with Crippen LogP contribution in [0.15, 0.2) is 78.9 Å². The van der Waals surface area contributed by atoms with Crippen LogP contribution in [0, 0.1) is 12.8 Å². The maximum Gasteiger partial charge on any atom is 0.323 e. The first-order valence-corrected chi connectivity index (χ1v) is 14.4. The quantitative estimate of drug-likeness (QED) is 0.360. The Hall–Kier alpha value is -4.66. The summed E-state index contributed by atoms with van der Waals surface area (Å²) in [6.45, 7) is 2.69. The van der Waals surface area contributed by atoms with Gasteiger partial charge in [-0.3, -0.25) is 14.4 Å². The van der Waals surface area contributed by atoms with Gasteiger partial charge >= 0.3 is 12.0 Å². The van der Waals surface area contributed by atoms with Gasteiger partial charge in [-0.25, -0.2) is 4.79 Å². The van der Waals surface area contributed by atoms with Crippen molar-refractivity contribution in [3.63, 3.8) is 0 Å². The highest BCUT2D eigenvalue weighted by atomic mass is 16.4. The predicted octanol–water partition coefficient (Wildman–Crippen LogP) is 5.24. The first-order valence-electron chi connectivity index (χ1n) is 14.4. The summed E-state index contributed by atoms with van der Waals surface area (Å²) >= 11 is 0. The number of carboxylic acid groups (broad SMARTS) is 1. The Kier molecular flexibility index (Phi) is 8.85. The van der Waals surface area contributed by atoms with Crippen LogP contribution in [0.2, 0.25) is 0 Å². The molecule has 2 aliphatic rings. The van der Waals surface area contributed by atoms with E-state index in [0.29, 0.717) is 44.5 Å². The summed E-state index contributed by atoms with van der Waals surface area (Å²) < 4.78 is 0. The molecule has 9 nitrogen and oxygen atoms in total. The molecule has 5 rings (SSSR count). The van der Waals surface area contributed by atoms with E-state index in [2.05, 4.69) is 10.6 Å². The molecule has 2 aliphatic heterocycles. The normalized spacial score (nSPS) is 18.9. The lowest BCUT2D eigenvalue weighted by atomic mass is 9.96. The van der Waals surface area contributed by atoms with Gasteiger partial charge in [0.25, 0.3) is 0 Å². The number of likely N-dealkylation sites (tertiary alicyclic amines) is 2. The van der Waals surface area contributed by atoms with Gasteiger partial charge in [0.1, 0.15) is 6.04 Å². The van der Waals surface area contributed by atoms with Gasteiger partial charge in [-0.05, 0) is 67.5 Å². The van der Waals surface area contributed by atoms with Crippen LogP contribution in [0.1, 0.15) is 48.4 Å². The summed E-state index contributed by atoms with van der Waals surface area (Å²) in [5.41, 5.74) is 4.05. The third-order valence-electron chi connectivity index (χ3n) is 8.26. The fourth-order valence-electron chi connectivity index (χ4n) is 5.93. The number of para-hydroxylation sites is 1. The van der Waals surface area contributed by atoms with Crippen molar-refractivity contribution in [2.75, 3.05) is 23.7 Å². The minimum absolute atomic E-state index is 0.107. The number of anilines is 2. The number of benzene rings is 3. The van der Waals surface area contributed by atoms with Crippen LogP contribution < -0.4 is 10.6 Å². The molecule has 2 saturated heterocycles. The zero-order valence-corrected chi connectivity index (χ0v) is 23.7. The monoisotopic (exact) mass is 568 g/mol. The van der Waals surface area contributed by atoms with Crippen LogP contribution in [0.3, 0.4) is 0 Å². The number of aryl methyl sites for hydroxylation is 1. The third kappa shape index (κ3) is 6.62. The van der Waals surface area contributed by atoms with Gasteiger partial charge < -0.3 is 25.5 Å². The molecule has 0 spiro atoms. The third-order valence-corrected chi connectivity index (χ3v) is 8.26. The molecule has 4 amide bonds. The largest absolute Gasteiger partial charge is 0.481 e. The van der Waals surface area contributed by atoms with Crippen molar-refractivity contribution in [1.29, 1.82) is 0 Å². The molecule has 0 bridgehead atoms. The highest BCUT2D eigenvalue weighted by Crippen LogP contribution is 2.38. The van der Waals surface area contributed by atoms with Gasteiger partial charge in [0, 0.05) is 24.5 Å². The van der Waals surface area contributed by atoms with Crippen molar-refractivity contribution in [3.05, 3.63) is 95.6 Å². The molecule has 0 aliphatic carbocycles. The minimum Gasteiger partial charge on any atom is -0.481 e. The number of hydrogen-bond acceptors (Lipinski definition) is 4. The Bertz CT molecular complexity index is 1430.